The molecule has 2 amide bonds. The van der Waals surface area contributed by atoms with E-state index in [-0.39, 0.29) is 11.8 Å². The maximum absolute atomic E-state index is 12.5. The van der Waals surface area contributed by atoms with E-state index in [2.05, 4.69) is 17.6 Å². The van der Waals surface area contributed by atoms with Crippen molar-refractivity contribution in [1.82, 2.24) is 5.32 Å². The summed E-state index contributed by atoms with van der Waals surface area (Å²) in [5, 5.41) is 6.34. The van der Waals surface area contributed by atoms with Gasteiger partial charge in [-0.05, 0) is 43.9 Å². The molecule has 0 saturated heterocycles. The van der Waals surface area contributed by atoms with Gasteiger partial charge in [0.1, 0.15) is 5.41 Å². The Morgan fingerprint density at radius 3 is 2.59 bits per heavy atom. The van der Waals surface area contributed by atoms with Crippen LogP contribution in [0.4, 0.5) is 5.69 Å². The fourth-order valence-corrected chi connectivity index (χ4v) is 2.59. The summed E-state index contributed by atoms with van der Waals surface area (Å²) in [6.07, 6.45) is 4.36. The van der Waals surface area contributed by atoms with Gasteiger partial charge in [-0.15, -0.1) is 0 Å². The number of hydrogen-bond donors (Lipinski definition) is 2. The Balaban J connectivity index is 1.96. The molecule has 0 aromatic heterocycles. The smallest absolute Gasteiger partial charge is 0.240 e. The van der Waals surface area contributed by atoms with Crippen molar-refractivity contribution in [2.24, 2.45) is 5.41 Å². The van der Waals surface area contributed by atoms with E-state index in [1.165, 1.54) is 0 Å². The second-order valence-corrected chi connectivity index (χ2v) is 6.32. The maximum Gasteiger partial charge on any atom is 0.240 e. The molecule has 22 heavy (non-hydrogen) atoms. The minimum Gasteiger partial charge on any atom is -0.355 e. The van der Waals surface area contributed by atoms with Gasteiger partial charge in [0.2, 0.25) is 11.8 Å². The molecular formula is C17H23ClN2O2. The largest absolute Gasteiger partial charge is 0.355 e. The highest BCUT2D eigenvalue weighted by Crippen LogP contribution is 2.47. The van der Waals surface area contributed by atoms with Crippen molar-refractivity contribution in [3.05, 3.63) is 28.8 Å². The SMILES string of the molecule is CCCCCNC(=O)C1(C(=O)Nc2cccc(Cl)c2C)CC1. The second-order valence-electron chi connectivity index (χ2n) is 5.91. The van der Waals surface area contributed by atoms with Gasteiger partial charge in [-0.1, -0.05) is 37.4 Å². The van der Waals surface area contributed by atoms with Gasteiger partial charge < -0.3 is 10.6 Å². The van der Waals surface area contributed by atoms with Crippen LogP contribution < -0.4 is 10.6 Å². The van der Waals surface area contributed by atoms with Crippen molar-refractivity contribution in [1.29, 1.82) is 0 Å². The van der Waals surface area contributed by atoms with Crippen LogP contribution in [-0.2, 0) is 9.59 Å². The molecule has 0 aliphatic heterocycles. The molecule has 1 aliphatic carbocycles. The van der Waals surface area contributed by atoms with E-state index in [0.717, 1.165) is 24.8 Å². The molecule has 5 heteroatoms. The van der Waals surface area contributed by atoms with E-state index in [1.807, 2.05) is 6.92 Å². The molecule has 0 unspecified atom stereocenters. The van der Waals surface area contributed by atoms with E-state index in [4.69, 9.17) is 11.6 Å². The lowest BCUT2D eigenvalue weighted by Crippen LogP contribution is -2.40. The molecule has 0 atom stereocenters. The highest BCUT2D eigenvalue weighted by molar-refractivity contribution is 6.31. The summed E-state index contributed by atoms with van der Waals surface area (Å²) in [5.74, 6) is -0.383. The number of halogens is 1. The lowest BCUT2D eigenvalue weighted by atomic mass is 10.0. The lowest BCUT2D eigenvalue weighted by Gasteiger charge is -2.16. The van der Waals surface area contributed by atoms with Gasteiger partial charge >= 0.3 is 0 Å². The van der Waals surface area contributed by atoms with Gasteiger partial charge in [-0.25, -0.2) is 0 Å². The molecule has 1 aromatic carbocycles. The number of carbonyl (C=O) groups excluding carboxylic acids is 2. The molecule has 4 nitrogen and oxygen atoms in total. The van der Waals surface area contributed by atoms with Crippen molar-refractivity contribution in [2.75, 3.05) is 11.9 Å². The van der Waals surface area contributed by atoms with Crippen LogP contribution in [0.15, 0.2) is 18.2 Å². The number of rotatable bonds is 7. The zero-order valence-electron chi connectivity index (χ0n) is 13.2. The number of anilines is 1. The first kappa shape index (κ1) is 16.8. The highest BCUT2D eigenvalue weighted by atomic mass is 35.5. The zero-order valence-corrected chi connectivity index (χ0v) is 13.9. The van der Waals surface area contributed by atoms with E-state index in [9.17, 15) is 9.59 Å². The molecule has 2 N–H and O–H groups in total. The predicted octanol–water partition coefficient (Wildman–Crippen LogP) is 3.67. The Hall–Kier alpha value is -1.55. The van der Waals surface area contributed by atoms with Crippen molar-refractivity contribution in [3.63, 3.8) is 0 Å². The Bertz CT molecular complexity index is 568. The summed E-state index contributed by atoms with van der Waals surface area (Å²) in [7, 11) is 0. The Morgan fingerprint density at radius 2 is 1.95 bits per heavy atom. The fraction of sp³-hybridized carbons (Fsp3) is 0.529. The fourth-order valence-electron chi connectivity index (χ4n) is 2.41. The number of benzene rings is 1. The first-order valence-corrected chi connectivity index (χ1v) is 8.24. The first-order valence-electron chi connectivity index (χ1n) is 7.86. The van der Waals surface area contributed by atoms with Crippen LogP contribution in [0.3, 0.4) is 0 Å². The van der Waals surface area contributed by atoms with Crippen LogP contribution in [0.25, 0.3) is 0 Å². The number of carbonyl (C=O) groups is 2. The van der Waals surface area contributed by atoms with Gasteiger partial charge in [0.05, 0.1) is 0 Å². The van der Waals surface area contributed by atoms with Crippen molar-refractivity contribution in [2.45, 2.75) is 46.0 Å². The molecule has 1 aromatic rings. The van der Waals surface area contributed by atoms with Gasteiger partial charge in [-0.2, -0.15) is 0 Å². The van der Waals surface area contributed by atoms with E-state index in [0.29, 0.717) is 30.1 Å². The third-order valence-electron chi connectivity index (χ3n) is 4.20. The molecule has 1 aliphatic rings. The minimum absolute atomic E-state index is 0.152. The molecule has 2 rings (SSSR count). The van der Waals surface area contributed by atoms with Crippen molar-refractivity contribution < 1.29 is 9.59 Å². The average molecular weight is 323 g/mol. The molecule has 1 fully saturated rings. The molecule has 0 spiro atoms. The Labute approximate surface area is 136 Å². The number of amides is 2. The van der Waals surface area contributed by atoms with E-state index in [1.54, 1.807) is 18.2 Å². The van der Waals surface area contributed by atoms with Crippen LogP contribution >= 0.6 is 11.6 Å². The van der Waals surface area contributed by atoms with Crippen molar-refractivity contribution in [3.8, 4) is 0 Å². The summed E-state index contributed by atoms with van der Waals surface area (Å²) in [6, 6.07) is 5.36. The van der Waals surface area contributed by atoms with Gasteiger partial charge in [0.25, 0.3) is 0 Å². The minimum atomic E-state index is -0.888. The lowest BCUT2D eigenvalue weighted by molar-refractivity contribution is -0.134. The van der Waals surface area contributed by atoms with Gasteiger partial charge in [0.15, 0.2) is 0 Å². The van der Waals surface area contributed by atoms with Crippen LogP contribution in [0.2, 0.25) is 5.02 Å². The summed E-state index contributed by atoms with van der Waals surface area (Å²) < 4.78 is 0. The summed E-state index contributed by atoms with van der Waals surface area (Å²) in [4.78, 5) is 24.8. The van der Waals surface area contributed by atoms with Crippen molar-refractivity contribution >= 4 is 29.1 Å². The van der Waals surface area contributed by atoms with Crippen LogP contribution in [0.5, 0.6) is 0 Å². The van der Waals surface area contributed by atoms with Gasteiger partial charge in [0, 0.05) is 17.3 Å². The third kappa shape index (κ3) is 3.61. The van der Waals surface area contributed by atoms with Crippen LogP contribution in [-0.4, -0.2) is 18.4 Å². The maximum atomic E-state index is 12.5. The monoisotopic (exact) mass is 322 g/mol. The molecule has 0 radical (unpaired) electrons. The molecule has 120 valence electrons. The van der Waals surface area contributed by atoms with E-state index < -0.39 is 5.41 Å². The molecular weight excluding hydrogens is 300 g/mol. The van der Waals surface area contributed by atoms with Crippen LogP contribution in [0.1, 0.15) is 44.6 Å². The molecule has 1 saturated carbocycles. The number of hydrogen-bond acceptors (Lipinski definition) is 2. The van der Waals surface area contributed by atoms with Gasteiger partial charge in [-0.3, -0.25) is 9.59 Å². The Kier molecular flexibility index (Phi) is 5.46. The highest BCUT2D eigenvalue weighted by Gasteiger charge is 2.56. The third-order valence-corrected chi connectivity index (χ3v) is 4.61. The normalized spacial score (nSPS) is 15.2. The molecule has 0 bridgehead atoms. The summed E-state index contributed by atoms with van der Waals surface area (Å²) in [5.41, 5.74) is 0.597. The quantitative estimate of drug-likeness (QED) is 0.594. The Morgan fingerprint density at radius 1 is 1.23 bits per heavy atom. The van der Waals surface area contributed by atoms with E-state index >= 15 is 0 Å². The summed E-state index contributed by atoms with van der Waals surface area (Å²) >= 11 is 6.06. The summed E-state index contributed by atoms with van der Waals surface area (Å²) in [6.45, 7) is 4.60. The number of nitrogens with one attached hydrogen (secondary N) is 2. The second kappa shape index (κ2) is 7.14. The van der Waals surface area contributed by atoms with Crippen LogP contribution in [0, 0.1) is 12.3 Å². The standard InChI is InChI=1S/C17H23ClN2O2/c1-3-4-5-11-19-15(21)17(9-10-17)16(22)20-14-8-6-7-13(18)12(14)2/h6-8H,3-5,9-11H2,1-2H3,(H,19,21)(H,20,22). The number of unbranched alkanes of at least 4 members (excludes halogenated alkanes) is 2. The molecule has 0 heterocycles. The average Bonchev–Trinajstić information content (AvgIpc) is 3.30. The zero-order chi connectivity index (χ0) is 16.2. The predicted molar refractivity (Wildman–Crippen MR) is 89.0 cm³/mol. The topological polar surface area (TPSA) is 58.2 Å². The first-order chi connectivity index (χ1) is 10.5.